The second-order valence-electron chi connectivity index (χ2n) is 4.46. The third-order valence-corrected chi connectivity index (χ3v) is 3.08. The van der Waals surface area contributed by atoms with E-state index in [-0.39, 0.29) is 5.78 Å². The predicted molar refractivity (Wildman–Crippen MR) is 88.4 cm³/mol. The lowest BCUT2D eigenvalue weighted by molar-refractivity contribution is -0.114. The first-order chi connectivity index (χ1) is 10.3. The van der Waals surface area contributed by atoms with Crippen LogP contribution >= 0.6 is 0 Å². The minimum absolute atomic E-state index is 0.0858. The van der Waals surface area contributed by atoms with Gasteiger partial charge in [-0.2, -0.15) is 0 Å². The molecule has 0 amide bonds. The highest BCUT2D eigenvalue weighted by molar-refractivity contribution is 6.22. The summed E-state index contributed by atoms with van der Waals surface area (Å²) in [5.74, 6) is 0.0858. The van der Waals surface area contributed by atoms with Crippen LogP contribution in [0.4, 0.5) is 0 Å². The van der Waals surface area contributed by atoms with E-state index in [2.05, 4.69) is 4.99 Å². The van der Waals surface area contributed by atoms with Crippen LogP contribution in [0.25, 0.3) is 6.08 Å². The number of hydrogen-bond acceptors (Lipinski definition) is 2. The Balaban J connectivity index is 0.000000774. The summed E-state index contributed by atoms with van der Waals surface area (Å²) in [7, 11) is 0. The van der Waals surface area contributed by atoms with Crippen molar-refractivity contribution in [3.8, 4) is 0 Å². The molecule has 2 heteroatoms. The Morgan fingerprint density at radius 3 is 2.10 bits per heavy atom. The van der Waals surface area contributed by atoms with Crippen LogP contribution in [0.3, 0.4) is 0 Å². The minimum Gasteiger partial charge on any atom is -0.292 e. The number of hydrogen-bond donors (Lipinski definition) is 0. The number of aliphatic imine (C=N–C) groups is 1. The summed E-state index contributed by atoms with van der Waals surface area (Å²) in [5, 5.41) is 0. The zero-order chi connectivity index (χ0) is 15.1. The van der Waals surface area contributed by atoms with Crippen molar-refractivity contribution in [3.05, 3.63) is 77.5 Å². The molecule has 0 aliphatic carbocycles. The Morgan fingerprint density at radius 1 is 0.905 bits per heavy atom. The van der Waals surface area contributed by atoms with Gasteiger partial charge in [0.2, 0.25) is 0 Å². The van der Waals surface area contributed by atoms with Gasteiger partial charge >= 0.3 is 0 Å². The second kappa shape index (κ2) is 7.34. The molecule has 1 heterocycles. The highest BCUT2D eigenvalue weighted by Crippen LogP contribution is 2.20. The molecule has 3 rings (SSSR count). The summed E-state index contributed by atoms with van der Waals surface area (Å²) in [6.07, 6.45) is 2.24. The van der Waals surface area contributed by atoms with E-state index >= 15 is 0 Å². The second-order valence-corrected chi connectivity index (χ2v) is 4.46. The van der Waals surface area contributed by atoms with Crippen LogP contribution in [-0.4, -0.2) is 11.5 Å². The summed E-state index contributed by atoms with van der Waals surface area (Å²) in [6.45, 7) is 4.00. The molecule has 0 radical (unpaired) electrons. The highest BCUT2D eigenvalue weighted by Gasteiger charge is 2.21. The maximum Gasteiger partial charge on any atom is 0.187 e. The lowest BCUT2D eigenvalue weighted by Crippen LogP contribution is -2.00. The fourth-order valence-corrected chi connectivity index (χ4v) is 2.11. The third-order valence-electron chi connectivity index (χ3n) is 3.08. The largest absolute Gasteiger partial charge is 0.292 e. The van der Waals surface area contributed by atoms with E-state index in [1.165, 1.54) is 0 Å². The molecule has 2 aromatic carbocycles. The topological polar surface area (TPSA) is 29.4 Å². The van der Waals surface area contributed by atoms with Crippen LogP contribution in [0, 0.1) is 0 Å². The van der Waals surface area contributed by atoms with Crippen LogP contribution in [0.1, 0.15) is 31.4 Å². The molecule has 2 nitrogen and oxygen atoms in total. The molecule has 0 N–H and O–H groups in total. The molecule has 0 fully saturated rings. The van der Waals surface area contributed by atoms with Crippen LogP contribution in [0.2, 0.25) is 0 Å². The van der Waals surface area contributed by atoms with E-state index in [0.717, 1.165) is 16.8 Å². The molecule has 0 aromatic heterocycles. The Bertz CT molecular complexity index is 654. The van der Waals surface area contributed by atoms with Crippen molar-refractivity contribution in [3.63, 3.8) is 0 Å². The standard InChI is InChI=1S/C17H13NO.C2H6/c19-17-12-15(14-9-5-2-6-10-14)18-16(17)11-13-7-3-1-4-8-13;1-2/h1-11H,12H2;1-2H3/b16-11-;. The summed E-state index contributed by atoms with van der Waals surface area (Å²) in [5.41, 5.74) is 3.43. The lowest BCUT2D eigenvalue weighted by Gasteiger charge is -1.96. The Kier molecular flexibility index (Phi) is 5.22. The van der Waals surface area contributed by atoms with E-state index in [4.69, 9.17) is 0 Å². The number of ketones is 1. The van der Waals surface area contributed by atoms with Gasteiger partial charge in [0.15, 0.2) is 5.78 Å². The maximum absolute atomic E-state index is 12.0. The average Bonchev–Trinajstić information content (AvgIpc) is 2.92. The molecule has 2 aromatic rings. The van der Waals surface area contributed by atoms with Crippen molar-refractivity contribution in [2.24, 2.45) is 4.99 Å². The van der Waals surface area contributed by atoms with Gasteiger partial charge < -0.3 is 0 Å². The number of carbonyl (C=O) groups is 1. The molecule has 1 aliphatic heterocycles. The first kappa shape index (κ1) is 14.9. The van der Waals surface area contributed by atoms with Gasteiger partial charge in [0.05, 0.1) is 12.1 Å². The SMILES string of the molecule is CC.O=C1CC(c2ccccc2)=N/C1=C\c1ccccc1. The molecule has 0 unspecified atom stereocenters. The van der Waals surface area contributed by atoms with Crippen molar-refractivity contribution < 1.29 is 4.79 Å². The Labute approximate surface area is 125 Å². The number of allylic oxidation sites excluding steroid dienone is 1. The molecule has 0 saturated carbocycles. The summed E-state index contributed by atoms with van der Waals surface area (Å²) < 4.78 is 0. The lowest BCUT2D eigenvalue weighted by atomic mass is 10.1. The van der Waals surface area contributed by atoms with Gasteiger partial charge in [-0.3, -0.25) is 4.79 Å². The van der Waals surface area contributed by atoms with E-state index in [0.29, 0.717) is 12.1 Å². The van der Waals surface area contributed by atoms with Gasteiger partial charge in [-0.1, -0.05) is 74.5 Å². The number of nitrogens with zero attached hydrogens (tertiary/aromatic N) is 1. The van der Waals surface area contributed by atoms with Gasteiger partial charge in [-0.15, -0.1) is 0 Å². The first-order valence-electron chi connectivity index (χ1n) is 7.26. The third kappa shape index (κ3) is 3.76. The molecular weight excluding hydrogens is 258 g/mol. The van der Waals surface area contributed by atoms with E-state index in [1.54, 1.807) is 0 Å². The van der Waals surface area contributed by atoms with E-state index in [1.807, 2.05) is 80.6 Å². The first-order valence-corrected chi connectivity index (χ1v) is 7.26. The van der Waals surface area contributed by atoms with Crippen molar-refractivity contribution in [1.29, 1.82) is 0 Å². The molecule has 0 saturated heterocycles. The number of carbonyl (C=O) groups excluding carboxylic acids is 1. The Morgan fingerprint density at radius 2 is 1.48 bits per heavy atom. The van der Waals surface area contributed by atoms with Crippen LogP contribution in [-0.2, 0) is 4.79 Å². The molecule has 21 heavy (non-hydrogen) atoms. The number of benzene rings is 2. The maximum atomic E-state index is 12.0. The van der Waals surface area contributed by atoms with Gasteiger partial charge in [0, 0.05) is 0 Å². The van der Waals surface area contributed by atoms with Crippen LogP contribution in [0.15, 0.2) is 71.4 Å². The number of Topliss-reactive ketones (excluding diaryl/α,β-unsaturated/α-hetero) is 1. The van der Waals surface area contributed by atoms with Crippen molar-refractivity contribution in [2.45, 2.75) is 20.3 Å². The predicted octanol–water partition coefficient (Wildman–Crippen LogP) is 4.52. The molecule has 0 spiro atoms. The van der Waals surface area contributed by atoms with E-state index in [9.17, 15) is 4.79 Å². The van der Waals surface area contributed by atoms with E-state index < -0.39 is 0 Å². The van der Waals surface area contributed by atoms with Gasteiger partial charge in [-0.05, 0) is 17.2 Å². The molecule has 106 valence electrons. The smallest absolute Gasteiger partial charge is 0.187 e. The summed E-state index contributed by atoms with van der Waals surface area (Å²) >= 11 is 0. The molecular formula is C19H19NO. The zero-order valence-electron chi connectivity index (χ0n) is 12.4. The number of rotatable bonds is 2. The Hall–Kier alpha value is -2.48. The minimum atomic E-state index is 0.0858. The zero-order valence-corrected chi connectivity index (χ0v) is 12.4. The monoisotopic (exact) mass is 277 g/mol. The fourth-order valence-electron chi connectivity index (χ4n) is 2.11. The average molecular weight is 277 g/mol. The molecule has 1 aliphatic rings. The highest BCUT2D eigenvalue weighted by atomic mass is 16.1. The fraction of sp³-hybridized carbons (Fsp3) is 0.158. The summed E-state index contributed by atoms with van der Waals surface area (Å²) in [6, 6.07) is 19.6. The normalized spacial score (nSPS) is 15.4. The van der Waals surface area contributed by atoms with Crippen molar-refractivity contribution >= 4 is 17.6 Å². The summed E-state index contributed by atoms with van der Waals surface area (Å²) in [4.78, 5) is 16.4. The molecule has 0 bridgehead atoms. The molecule has 0 atom stereocenters. The van der Waals surface area contributed by atoms with Crippen molar-refractivity contribution in [2.75, 3.05) is 0 Å². The van der Waals surface area contributed by atoms with Gasteiger partial charge in [0.25, 0.3) is 0 Å². The van der Waals surface area contributed by atoms with Gasteiger partial charge in [-0.25, -0.2) is 4.99 Å². The van der Waals surface area contributed by atoms with Gasteiger partial charge in [0.1, 0.15) is 5.70 Å². The quantitative estimate of drug-likeness (QED) is 0.742. The van der Waals surface area contributed by atoms with Crippen LogP contribution < -0.4 is 0 Å². The van der Waals surface area contributed by atoms with Crippen molar-refractivity contribution in [1.82, 2.24) is 0 Å². The van der Waals surface area contributed by atoms with Crippen LogP contribution in [0.5, 0.6) is 0 Å².